The van der Waals surface area contributed by atoms with E-state index in [0.29, 0.717) is 24.1 Å². The summed E-state index contributed by atoms with van der Waals surface area (Å²) < 4.78 is 33.9. The molecule has 7 rings (SSSR count). The standard InChI is InChI=1S/C38H50N4O7Si2/c1-21(2)50(22(3)4)46-20-33-32(48-51(49-50,23(5)6)24(7)8)17-31(47-33)29-18-39-35-34(29)40-37(41-36(35)43)42-38(44)45-19-30-27-15-11-9-13-25(27)26-14-10-12-16-28(26)30/h9-16,18,21-24,30-33,39H,17,19-20H2,1-8H3,(H2,40,41,42,43,44)/t31-,32-,33-/m1/s1. The summed E-state index contributed by atoms with van der Waals surface area (Å²) in [6.45, 7) is 18.1. The van der Waals surface area contributed by atoms with E-state index in [2.05, 4.69) is 99.9 Å². The summed E-state index contributed by atoms with van der Waals surface area (Å²) in [7, 11) is -5.52. The zero-order valence-corrected chi connectivity index (χ0v) is 32.7. The van der Waals surface area contributed by atoms with Crippen LogP contribution in [0, 0.1) is 0 Å². The highest BCUT2D eigenvalue weighted by Gasteiger charge is 2.60. The number of benzene rings is 2. The number of hydrogen-bond acceptors (Lipinski definition) is 8. The van der Waals surface area contributed by atoms with Gasteiger partial charge in [-0.3, -0.25) is 15.1 Å². The molecule has 3 aliphatic rings. The van der Waals surface area contributed by atoms with Crippen molar-refractivity contribution >= 4 is 40.2 Å². The summed E-state index contributed by atoms with van der Waals surface area (Å²) in [6, 6.07) is 16.3. The molecule has 3 atom stereocenters. The first kappa shape index (κ1) is 35.8. The Balaban J connectivity index is 1.11. The molecule has 1 aliphatic carbocycles. The second-order valence-corrected chi connectivity index (χ2v) is 24.2. The third-order valence-corrected chi connectivity index (χ3v) is 21.3. The molecule has 2 fully saturated rings. The molecular weight excluding hydrogens is 681 g/mol. The van der Waals surface area contributed by atoms with Gasteiger partial charge in [-0.1, -0.05) is 104 Å². The third-order valence-electron chi connectivity index (χ3n) is 11.0. The van der Waals surface area contributed by atoms with Crippen molar-refractivity contribution in [2.45, 2.75) is 108 Å². The first-order chi connectivity index (χ1) is 24.3. The van der Waals surface area contributed by atoms with E-state index in [1.54, 1.807) is 6.20 Å². The Morgan fingerprint density at radius 2 is 1.49 bits per heavy atom. The molecule has 0 saturated carbocycles. The summed E-state index contributed by atoms with van der Waals surface area (Å²) in [5.41, 5.74) is 6.41. The lowest BCUT2D eigenvalue weighted by Gasteiger charge is -2.51. The highest BCUT2D eigenvalue weighted by Crippen LogP contribution is 2.49. The van der Waals surface area contributed by atoms with Crippen molar-refractivity contribution in [1.29, 1.82) is 0 Å². The van der Waals surface area contributed by atoms with Gasteiger partial charge in [-0.2, -0.15) is 0 Å². The van der Waals surface area contributed by atoms with Gasteiger partial charge in [-0.05, 0) is 44.4 Å². The van der Waals surface area contributed by atoms with Crippen LogP contribution in [-0.2, 0) is 22.4 Å². The van der Waals surface area contributed by atoms with E-state index in [1.807, 2.05) is 24.3 Å². The van der Waals surface area contributed by atoms with Gasteiger partial charge in [-0.15, -0.1) is 0 Å². The van der Waals surface area contributed by atoms with Crippen molar-refractivity contribution in [3.8, 4) is 11.1 Å². The Bertz CT molecular complexity index is 1910. The minimum absolute atomic E-state index is 0.00161. The molecule has 2 aliphatic heterocycles. The Morgan fingerprint density at radius 3 is 2.10 bits per heavy atom. The molecule has 2 aromatic heterocycles. The van der Waals surface area contributed by atoms with Crippen LogP contribution in [0.25, 0.3) is 22.2 Å². The van der Waals surface area contributed by atoms with Crippen LogP contribution >= 0.6 is 0 Å². The van der Waals surface area contributed by atoms with E-state index < -0.39 is 34.9 Å². The monoisotopic (exact) mass is 730 g/mol. The highest BCUT2D eigenvalue weighted by molar-refractivity contribution is 6.84. The molecule has 272 valence electrons. The molecule has 11 nitrogen and oxygen atoms in total. The van der Waals surface area contributed by atoms with Crippen LogP contribution in [0.4, 0.5) is 10.7 Å². The number of amides is 1. The minimum atomic E-state index is -2.81. The normalized spacial score (nSPS) is 22.6. The van der Waals surface area contributed by atoms with Crippen molar-refractivity contribution in [3.63, 3.8) is 0 Å². The Morgan fingerprint density at radius 1 is 0.882 bits per heavy atom. The maximum atomic E-state index is 13.2. The van der Waals surface area contributed by atoms with Gasteiger partial charge >= 0.3 is 23.2 Å². The van der Waals surface area contributed by atoms with Gasteiger partial charge < -0.3 is 27.4 Å². The molecule has 0 unspecified atom stereocenters. The summed E-state index contributed by atoms with van der Waals surface area (Å²) in [4.78, 5) is 36.8. The minimum Gasteiger partial charge on any atom is -0.448 e. The second-order valence-electron chi connectivity index (χ2n) is 15.4. The van der Waals surface area contributed by atoms with Crippen LogP contribution in [0.5, 0.6) is 0 Å². The van der Waals surface area contributed by atoms with Crippen LogP contribution in [-0.4, -0.2) is 63.6 Å². The van der Waals surface area contributed by atoms with Gasteiger partial charge in [0.2, 0.25) is 5.95 Å². The lowest BCUT2D eigenvalue weighted by molar-refractivity contribution is -0.0383. The van der Waals surface area contributed by atoms with E-state index in [9.17, 15) is 9.59 Å². The van der Waals surface area contributed by atoms with E-state index in [4.69, 9.17) is 22.4 Å². The Hall–Kier alpha value is -3.60. The van der Waals surface area contributed by atoms with Crippen molar-refractivity contribution in [2.75, 3.05) is 18.5 Å². The van der Waals surface area contributed by atoms with Crippen molar-refractivity contribution in [2.24, 2.45) is 0 Å². The quantitative estimate of drug-likeness (QED) is 0.154. The molecule has 13 heteroatoms. The summed E-state index contributed by atoms with van der Waals surface area (Å²) in [6.07, 6.45) is 0.653. The van der Waals surface area contributed by atoms with Crippen LogP contribution in [0.3, 0.4) is 0 Å². The van der Waals surface area contributed by atoms with E-state index in [0.717, 1.165) is 27.8 Å². The smallest absolute Gasteiger partial charge is 0.414 e. The van der Waals surface area contributed by atoms with Gasteiger partial charge in [0.15, 0.2) is 0 Å². The number of carbonyl (C=O) groups is 1. The predicted molar refractivity (Wildman–Crippen MR) is 201 cm³/mol. The number of nitrogens with zero attached hydrogens (tertiary/aromatic N) is 1. The lowest BCUT2D eigenvalue weighted by Crippen LogP contribution is -2.65. The molecule has 0 spiro atoms. The van der Waals surface area contributed by atoms with Crippen LogP contribution in [0.2, 0.25) is 22.2 Å². The number of nitrogens with one attached hydrogen (secondary N) is 3. The van der Waals surface area contributed by atoms with Gasteiger partial charge in [0, 0.05) is 24.1 Å². The topological polar surface area (TPSA) is 137 Å². The number of aromatic amines is 2. The molecule has 0 radical (unpaired) electrons. The fraction of sp³-hybridized carbons (Fsp3) is 0.500. The number of carbonyl (C=O) groups excluding carboxylic acids is 1. The molecule has 51 heavy (non-hydrogen) atoms. The van der Waals surface area contributed by atoms with Crippen molar-refractivity contribution in [3.05, 3.63) is 81.8 Å². The summed E-state index contributed by atoms with van der Waals surface area (Å²) in [5.74, 6) is -0.0951. The molecule has 0 bridgehead atoms. The average molecular weight is 731 g/mol. The number of fused-ring (bicyclic) bond motifs is 5. The SMILES string of the molecule is CC(C)[Si]1(C(C)C)OC[C@H]2O[C@@H](c3c[nH]c4c(=O)[nH]c(NC(=O)OCC5c6ccccc6-c6ccccc65)nc34)C[C@H]2O[Si](C(C)C)(C(C)C)O1. The highest BCUT2D eigenvalue weighted by atomic mass is 28.5. The van der Waals surface area contributed by atoms with Crippen molar-refractivity contribution in [1.82, 2.24) is 15.0 Å². The van der Waals surface area contributed by atoms with Gasteiger partial charge in [0.1, 0.15) is 23.7 Å². The third kappa shape index (κ3) is 6.21. The maximum absolute atomic E-state index is 13.2. The molecule has 1 amide bonds. The number of rotatable bonds is 8. The number of aromatic nitrogens is 3. The number of hydrogen-bond donors (Lipinski definition) is 3. The van der Waals surface area contributed by atoms with Crippen LogP contribution in [0.1, 0.15) is 90.5 Å². The van der Waals surface area contributed by atoms with Gasteiger partial charge in [-0.25, -0.2) is 9.78 Å². The van der Waals surface area contributed by atoms with Crippen LogP contribution < -0.4 is 10.9 Å². The fourth-order valence-corrected chi connectivity index (χ4v) is 19.6. The number of anilines is 1. The first-order valence-electron chi connectivity index (χ1n) is 18.2. The molecule has 4 heterocycles. The zero-order chi connectivity index (χ0) is 36.2. The van der Waals surface area contributed by atoms with Crippen molar-refractivity contribution < 1.29 is 27.2 Å². The first-order valence-corrected chi connectivity index (χ1v) is 22.2. The average Bonchev–Trinajstić information content (AvgIpc) is 3.77. The van der Waals surface area contributed by atoms with E-state index >= 15 is 0 Å². The Kier molecular flexibility index (Phi) is 9.65. The lowest BCUT2D eigenvalue weighted by atomic mass is 9.98. The zero-order valence-electron chi connectivity index (χ0n) is 30.7. The number of H-pyrrole nitrogens is 2. The largest absolute Gasteiger partial charge is 0.448 e. The van der Waals surface area contributed by atoms with E-state index in [1.165, 1.54) is 0 Å². The van der Waals surface area contributed by atoms with Gasteiger partial charge in [0.25, 0.3) is 5.56 Å². The maximum Gasteiger partial charge on any atom is 0.414 e. The predicted octanol–water partition coefficient (Wildman–Crippen LogP) is 8.40. The van der Waals surface area contributed by atoms with E-state index in [-0.39, 0.29) is 52.8 Å². The molecule has 2 saturated heterocycles. The fourth-order valence-electron chi connectivity index (χ4n) is 8.42. The number of ether oxygens (including phenoxy) is 2. The molecular formula is C38H50N4O7Si2. The molecule has 2 aromatic carbocycles. The van der Waals surface area contributed by atoms with Gasteiger partial charge in [0.05, 0.1) is 18.8 Å². The van der Waals surface area contributed by atoms with Crippen LogP contribution in [0.15, 0.2) is 59.5 Å². The Labute approximate surface area is 301 Å². The summed E-state index contributed by atoms with van der Waals surface area (Å²) >= 11 is 0. The molecule has 4 aromatic rings. The second kappa shape index (κ2) is 13.8. The molecule has 3 N–H and O–H groups in total. The summed E-state index contributed by atoms with van der Waals surface area (Å²) in [5, 5.41) is 2.65.